The topological polar surface area (TPSA) is 48.0 Å². The van der Waals surface area contributed by atoms with Crippen LogP contribution in [0.1, 0.15) is 38.2 Å². The van der Waals surface area contributed by atoms with Crippen molar-refractivity contribution < 1.29 is 9.29 Å². The third-order valence-corrected chi connectivity index (χ3v) is 5.12. The van der Waals surface area contributed by atoms with Gasteiger partial charge in [-0.3, -0.25) is 0 Å². The lowest BCUT2D eigenvalue weighted by Gasteiger charge is -2.32. The fourth-order valence-electron chi connectivity index (χ4n) is 3.00. The second kappa shape index (κ2) is 6.57. The summed E-state index contributed by atoms with van der Waals surface area (Å²) in [7, 11) is 0. The molecule has 0 radical (unpaired) electrons. The molecule has 1 aromatic heterocycles. The van der Waals surface area contributed by atoms with E-state index in [1.165, 1.54) is 17.0 Å². The third-order valence-electron chi connectivity index (χ3n) is 4.13. The van der Waals surface area contributed by atoms with E-state index in [0.717, 1.165) is 36.0 Å². The van der Waals surface area contributed by atoms with Crippen molar-refractivity contribution in [1.82, 2.24) is 20.2 Å². The van der Waals surface area contributed by atoms with E-state index in [9.17, 15) is 4.39 Å². The standard InChI is InChI=1S/C16H22FN5S/c1-16(2,3)22-15(18-19-20-22)14(21-8-10-23-11-9-21)12-4-6-13(17)7-5-12/h4-7,14H,8-11H2,1-3H3/p+1/t14-/m0/s1. The molecule has 1 aliphatic heterocycles. The predicted molar refractivity (Wildman–Crippen MR) is 89.1 cm³/mol. The van der Waals surface area contributed by atoms with Gasteiger partial charge < -0.3 is 4.90 Å². The Hall–Kier alpha value is -1.47. The maximum Gasteiger partial charge on any atom is 0.214 e. The van der Waals surface area contributed by atoms with E-state index < -0.39 is 0 Å². The van der Waals surface area contributed by atoms with Crippen LogP contribution in [0.25, 0.3) is 0 Å². The fraction of sp³-hybridized carbons (Fsp3) is 0.562. The molecule has 124 valence electrons. The number of hydrogen-bond donors (Lipinski definition) is 1. The fourth-order valence-corrected chi connectivity index (χ4v) is 4.01. The lowest BCUT2D eigenvalue weighted by atomic mass is 10.0. The first kappa shape index (κ1) is 16.4. The van der Waals surface area contributed by atoms with Gasteiger partial charge in [0, 0.05) is 17.1 Å². The first-order valence-electron chi connectivity index (χ1n) is 7.93. The van der Waals surface area contributed by atoms with Gasteiger partial charge in [-0.1, -0.05) is 0 Å². The third kappa shape index (κ3) is 3.55. The van der Waals surface area contributed by atoms with Crippen molar-refractivity contribution in [3.8, 4) is 0 Å². The SMILES string of the molecule is CC(C)(C)n1nnnc1[C@H](c1ccc(F)cc1)[NH+]1CCSCC1. The van der Waals surface area contributed by atoms with Crippen molar-refractivity contribution in [2.75, 3.05) is 24.6 Å². The van der Waals surface area contributed by atoms with E-state index in [4.69, 9.17) is 0 Å². The van der Waals surface area contributed by atoms with Crippen molar-refractivity contribution in [3.05, 3.63) is 41.5 Å². The highest BCUT2D eigenvalue weighted by molar-refractivity contribution is 7.99. The quantitative estimate of drug-likeness (QED) is 0.918. The van der Waals surface area contributed by atoms with Crippen LogP contribution < -0.4 is 4.90 Å². The molecule has 0 amide bonds. The van der Waals surface area contributed by atoms with Crippen LogP contribution in [0.2, 0.25) is 0 Å². The van der Waals surface area contributed by atoms with Gasteiger partial charge in [-0.15, -0.1) is 5.10 Å². The molecule has 23 heavy (non-hydrogen) atoms. The van der Waals surface area contributed by atoms with Crippen molar-refractivity contribution in [2.45, 2.75) is 32.4 Å². The Morgan fingerprint density at radius 2 is 1.83 bits per heavy atom. The Morgan fingerprint density at radius 1 is 1.17 bits per heavy atom. The molecule has 0 bridgehead atoms. The summed E-state index contributed by atoms with van der Waals surface area (Å²) in [5, 5.41) is 12.5. The molecular formula is C16H23FN5S+. The molecule has 1 N–H and O–H groups in total. The van der Waals surface area contributed by atoms with Crippen molar-refractivity contribution in [3.63, 3.8) is 0 Å². The van der Waals surface area contributed by atoms with Gasteiger partial charge in [0.15, 0.2) is 6.04 Å². The number of quaternary nitrogens is 1. The monoisotopic (exact) mass is 336 g/mol. The molecule has 0 unspecified atom stereocenters. The minimum Gasteiger partial charge on any atom is -0.321 e. The Labute approximate surface area is 140 Å². The van der Waals surface area contributed by atoms with Gasteiger partial charge in [0.1, 0.15) is 5.82 Å². The number of thioether (sulfide) groups is 1. The maximum atomic E-state index is 13.3. The van der Waals surface area contributed by atoms with Gasteiger partial charge in [0.25, 0.3) is 0 Å². The molecule has 0 spiro atoms. The number of tetrazole rings is 1. The van der Waals surface area contributed by atoms with Crippen molar-refractivity contribution in [1.29, 1.82) is 0 Å². The molecule has 1 aliphatic rings. The van der Waals surface area contributed by atoms with Crippen LogP contribution in [0.5, 0.6) is 0 Å². The number of nitrogens with one attached hydrogen (secondary N) is 1. The number of aromatic nitrogens is 4. The van der Waals surface area contributed by atoms with Crippen LogP contribution in [0.15, 0.2) is 24.3 Å². The van der Waals surface area contributed by atoms with Crippen LogP contribution in [-0.2, 0) is 5.54 Å². The molecule has 7 heteroatoms. The Balaban J connectivity index is 2.05. The number of nitrogens with zero attached hydrogens (tertiary/aromatic N) is 4. The first-order chi connectivity index (χ1) is 11.0. The van der Waals surface area contributed by atoms with Crippen molar-refractivity contribution in [2.24, 2.45) is 0 Å². The highest BCUT2D eigenvalue weighted by Gasteiger charge is 2.35. The summed E-state index contributed by atoms with van der Waals surface area (Å²) in [6, 6.07) is 6.79. The summed E-state index contributed by atoms with van der Waals surface area (Å²) < 4.78 is 15.2. The number of hydrogen-bond acceptors (Lipinski definition) is 4. The van der Waals surface area contributed by atoms with Gasteiger partial charge in [-0.2, -0.15) is 11.8 Å². The molecular weight excluding hydrogens is 313 g/mol. The molecule has 1 fully saturated rings. The zero-order valence-electron chi connectivity index (χ0n) is 13.8. The van der Waals surface area contributed by atoms with Gasteiger partial charge in [-0.05, 0) is 55.5 Å². The van der Waals surface area contributed by atoms with E-state index in [1.54, 1.807) is 0 Å². The van der Waals surface area contributed by atoms with Gasteiger partial charge in [0.05, 0.1) is 18.6 Å². The lowest BCUT2D eigenvalue weighted by molar-refractivity contribution is -0.922. The van der Waals surface area contributed by atoms with Crippen LogP contribution in [0.4, 0.5) is 4.39 Å². The van der Waals surface area contributed by atoms with Crippen LogP contribution in [0, 0.1) is 5.82 Å². The van der Waals surface area contributed by atoms with Crippen LogP contribution >= 0.6 is 11.8 Å². The molecule has 5 nitrogen and oxygen atoms in total. The zero-order chi connectivity index (χ0) is 16.4. The first-order valence-corrected chi connectivity index (χ1v) is 9.09. The molecule has 0 aliphatic carbocycles. The second-order valence-corrected chi connectivity index (χ2v) is 8.10. The smallest absolute Gasteiger partial charge is 0.214 e. The molecule has 1 atom stereocenters. The molecule has 2 aromatic rings. The molecule has 1 saturated heterocycles. The Bertz CT molecular complexity index is 643. The largest absolute Gasteiger partial charge is 0.321 e. The summed E-state index contributed by atoms with van der Waals surface area (Å²) in [5.74, 6) is 2.90. The molecule has 3 rings (SSSR count). The highest BCUT2D eigenvalue weighted by atomic mass is 32.2. The Kier molecular flexibility index (Phi) is 4.68. The van der Waals surface area contributed by atoms with E-state index in [0.29, 0.717) is 0 Å². The van der Waals surface area contributed by atoms with Gasteiger partial charge in [-0.25, -0.2) is 9.07 Å². The average Bonchev–Trinajstić information content (AvgIpc) is 3.00. The molecule has 0 saturated carbocycles. The molecule has 2 heterocycles. The van der Waals surface area contributed by atoms with Crippen molar-refractivity contribution >= 4 is 11.8 Å². The second-order valence-electron chi connectivity index (χ2n) is 6.87. The number of halogens is 1. The highest BCUT2D eigenvalue weighted by Crippen LogP contribution is 2.23. The van der Waals surface area contributed by atoms with Gasteiger partial charge in [0.2, 0.25) is 5.82 Å². The summed E-state index contributed by atoms with van der Waals surface area (Å²) in [5.41, 5.74) is 0.870. The lowest BCUT2D eigenvalue weighted by Crippen LogP contribution is -3.14. The Morgan fingerprint density at radius 3 is 2.43 bits per heavy atom. The maximum absolute atomic E-state index is 13.3. The van der Waals surface area contributed by atoms with Crippen LogP contribution in [0.3, 0.4) is 0 Å². The number of rotatable bonds is 3. The molecule has 1 aromatic carbocycles. The van der Waals surface area contributed by atoms with Crippen LogP contribution in [-0.4, -0.2) is 44.8 Å². The minimum atomic E-state index is -0.216. The van der Waals surface area contributed by atoms with E-state index in [2.05, 4.69) is 36.3 Å². The minimum absolute atomic E-state index is 0.0331. The normalized spacial score (nSPS) is 18.1. The summed E-state index contributed by atoms with van der Waals surface area (Å²) in [6.45, 7) is 8.40. The summed E-state index contributed by atoms with van der Waals surface area (Å²) >= 11 is 1.98. The van der Waals surface area contributed by atoms with E-state index >= 15 is 0 Å². The summed E-state index contributed by atoms with van der Waals surface area (Å²) in [6.07, 6.45) is 0. The van der Waals surface area contributed by atoms with E-state index in [1.807, 2.05) is 28.6 Å². The predicted octanol–water partition coefficient (Wildman–Crippen LogP) is 1.29. The summed E-state index contributed by atoms with van der Waals surface area (Å²) in [4.78, 5) is 1.44. The van der Waals surface area contributed by atoms with E-state index in [-0.39, 0.29) is 17.4 Å². The zero-order valence-corrected chi connectivity index (χ0v) is 14.6. The van der Waals surface area contributed by atoms with Gasteiger partial charge >= 0.3 is 0 Å². The average molecular weight is 336 g/mol. The number of benzene rings is 1.